The summed E-state index contributed by atoms with van der Waals surface area (Å²) in [6, 6.07) is 8.31. The van der Waals surface area contributed by atoms with Crippen molar-refractivity contribution in [1.29, 1.82) is 0 Å². The van der Waals surface area contributed by atoms with E-state index in [1.165, 1.54) is 83.5 Å². The van der Waals surface area contributed by atoms with E-state index < -0.39 is 0 Å². The van der Waals surface area contributed by atoms with Crippen molar-refractivity contribution in [1.82, 2.24) is 0 Å². The van der Waals surface area contributed by atoms with Crippen molar-refractivity contribution in [3.63, 3.8) is 0 Å². The molecule has 0 N–H and O–H groups in total. The van der Waals surface area contributed by atoms with Crippen molar-refractivity contribution in [3.05, 3.63) is 29.8 Å². The molecule has 1 aromatic rings. The van der Waals surface area contributed by atoms with Gasteiger partial charge in [-0.2, -0.15) is 0 Å². The Hall–Kier alpha value is -1.42. The van der Waals surface area contributed by atoms with Crippen molar-refractivity contribution in [3.8, 4) is 17.6 Å². The Morgan fingerprint density at radius 2 is 1.43 bits per heavy atom. The second-order valence-corrected chi connectivity index (χ2v) is 9.88. The molecule has 0 amide bonds. The van der Waals surface area contributed by atoms with E-state index in [4.69, 9.17) is 4.74 Å². The number of hydrogen-bond donors (Lipinski definition) is 0. The van der Waals surface area contributed by atoms with Crippen LogP contribution in [0.2, 0.25) is 0 Å². The molecule has 0 heterocycles. The zero-order valence-corrected chi connectivity index (χ0v) is 19.6. The Morgan fingerprint density at radius 1 is 0.767 bits per heavy atom. The summed E-state index contributed by atoms with van der Waals surface area (Å²) in [4.78, 5) is 0. The van der Waals surface area contributed by atoms with E-state index in [0.29, 0.717) is 5.92 Å². The van der Waals surface area contributed by atoms with Gasteiger partial charge in [0, 0.05) is 11.5 Å². The number of benzene rings is 1. The second kappa shape index (κ2) is 13.1. The molecule has 30 heavy (non-hydrogen) atoms. The van der Waals surface area contributed by atoms with Crippen LogP contribution in [0.1, 0.15) is 109 Å². The summed E-state index contributed by atoms with van der Waals surface area (Å²) >= 11 is 0. The van der Waals surface area contributed by atoms with Gasteiger partial charge in [0.2, 0.25) is 0 Å². The molecule has 0 radical (unpaired) electrons. The fraction of sp³-hybridized carbons (Fsp3) is 0.724. The van der Waals surface area contributed by atoms with Crippen LogP contribution in [0.15, 0.2) is 24.3 Å². The van der Waals surface area contributed by atoms with E-state index in [9.17, 15) is 0 Å². The van der Waals surface area contributed by atoms with Crippen LogP contribution in [-0.2, 0) is 0 Å². The third-order valence-corrected chi connectivity index (χ3v) is 7.54. The minimum Gasteiger partial charge on any atom is -0.494 e. The van der Waals surface area contributed by atoms with Crippen molar-refractivity contribution in [2.75, 3.05) is 6.61 Å². The van der Waals surface area contributed by atoms with Crippen molar-refractivity contribution in [2.45, 2.75) is 104 Å². The fourth-order valence-electron chi connectivity index (χ4n) is 5.58. The number of unbranched alkanes of at least 4 members (excludes halogenated alkanes) is 3. The lowest BCUT2D eigenvalue weighted by Crippen LogP contribution is -2.25. The molecule has 1 heteroatoms. The predicted molar refractivity (Wildman–Crippen MR) is 129 cm³/mol. The first kappa shape index (κ1) is 23.2. The first-order valence-corrected chi connectivity index (χ1v) is 13.0. The van der Waals surface area contributed by atoms with Gasteiger partial charge in [0.25, 0.3) is 0 Å². The Morgan fingerprint density at radius 3 is 2.07 bits per heavy atom. The molecule has 0 aliphatic heterocycles. The maximum absolute atomic E-state index is 5.66. The van der Waals surface area contributed by atoms with Crippen LogP contribution < -0.4 is 4.74 Å². The summed E-state index contributed by atoms with van der Waals surface area (Å²) < 4.78 is 5.66. The molecule has 0 spiro atoms. The van der Waals surface area contributed by atoms with E-state index in [-0.39, 0.29) is 0 Å². The molecule has 0 atom stereocenters. The molecule has 0 bridgehead atoms. The number of hydrogen-bond acceptors (Lipinski definition) is 1. The Labute approximate surface area is 186 Å². The van der Waals surface area contributed by atoms with Crippen molar-refractivity contribution in [2.24, 2.45) is 23.7 Å². The molecule has 2 saturated carbocycles. The summed E-state index contributed by atoms with van der Waals surface area (Å²) in [7, 11) is 0. The van der Waals surface area contributed by atoms with Crippen LogP contribution in [0.5, 0.6) is 5.75 Å². The average molecular weight is 409 g/mol. The van der Waals surface area contributed by atoms with Crippen molar-refractivity contribution < 1.29 is 4.74 Å². The van der Waals surface area contributed by atoms with Crippen molar-refractivity contribution >= 4 is 0 Å². The van der Waals surface area contributed by atoms with Crippen LogP contribution in [0.3, 0.4) is 0 Å². The van der Waals surface area contributed by atoms with Gasteiger partial charge in [0.05, 0.1) is 6.61 Å². The molecular formula is C29H44O. The minimum absolute atomic E-state index is 0.604. The standard InChI is InChI=1S/C29H44O/c1-3-5-6-7-8-24-11-17-27(18-12-24)28-19-13-25(14-20-28)9-10-26-15-21-29(22-16-26)30-23-4-2/h15-16,21-22,24-25,27-28H,3-8,11-14,17-20,23H2,1-2H3/t24-,25?,27-,28?. The Bertz CT molecular complexity index is 633. The lowest BCUT2D eigenvalue weighted by molar-refractivity contribution is 0.153. The largest absolute Gasteiger partial charge is 0.494 e. The van der Waals surface area contributed by atoms with E-state index in [0.717, 1.165) is 42.1 Å². The monoisotopic (exact) mass is 408 g/mol. The molecule has 2 aliphatic carbocycles. The van der Waals surface area contributed by atoms with E-state index in [1.807, 2.05) is 0 Å². The van der Waals surface area contributed by atoms with Crippen LogP contribution in [0.25, 0.3) is 0 Å². The molecule has 1 nitrogen and oxygen atoms in total. The topological polar surface area (TPSA) is 9.23 Å². The van der Waals surface area contributed by atoms with Crippen LogP contribution in [-0.4, -0.2) is 6.61 Å². The molecule has 2 fully saturated rings. The molecule has 3 rings (SSSR count). The Balaban J connectivity index is 1.35. The smallest absolute Gasteiger partial charge is 0.119 e. The van der Waals surface area contributed by atoms with Gasteiger partial charge in [-0.15, -0.1) is 0 Å². The van der Waals surface area contributed by atoms with E-state index >= 15 is 0 Å². The predicted octanol–water partition coefficient (Wildman–Crippen LogP) is 8.41. The third-order valence-electron chi connectivity index (χ3n) is 7.54. The molecule has 1 aromatic carbocycles. The highest BCUT2D eigenvalue weighted by Crippen LogP contribution is 2.42. The summed E-state index contributed by atoms with van der Waals surface area (Å²) in [5.41, 5.74) is 1.12. The summed E-state index contributed by atoms with van der Waals surface area (Å²) in [6.45, 7) is 5.23. The highest BCUT2D eigenvalue weighted by molar-refractivity contribution is 5.38. The first-order valence-electron chi connectivity index (χ1n) is 13.0. The maximum atomic E-state index is 5.66. The quantitative estimate of drug-likeness (QED) is 0.294. The lowest BCUT2D eigenvalue weighted by Gasteiger charge is -2.37. The van der Waals surface area contributed by atoms with Crippen LogP contribution in [0, 0.1) is 35.5 Å². The Kier molecular flexibility index (Phi) is 10.1. The molecule has 0 unspecified atom stereocenters. The summed E-state index contributed by atoms with van der Waals surface area (Å²) in [5.74, 6) is 11.6. The van der Waals surface area contributed by atoms with Gasteiger partial charge >= 0.3 is 0 Å². The van der Waals surface area contributed by atoms with Gasteiger partial charge in [0.1, 0.15) is 5.75 Å². The molecule has 0 aromatic heterocycles. The molecule has 2 aliphatic rings. The zero-order valence-electron chi connectivity index (χ0n) is 19.6. The first-order chi connectivity index (χ1) is 14.8. The minimum atomic E-state index is 0.604. The SMILES string of the molecule is CCCCCC[C@H]1CC[C@H](C2CCC(C#Cc3ccc(OCCC)cc3)CC2)CC1. The number of rotatable bonds is 9. The molecule has 166 valence electrons. The van der Waals surface area contributed by atoms with Gasteiger partial charge in [0.15, 0.2) is 0 Å². The number of ether oxygens (including phenoxy) is 1. The van der Waals surface area contributed by atoms with Gasteiger partial charge in [-0.3, -0.25) is 0 Å². The summed E-state index contributed by atoms with van der Waals surface area (Å²) in [6.07, 6.45) is 19.7. The van der Waals surface area contributed by atoms with Gasteiger partial charge < -0.3 is 4.74 Å². The molecule has 0 saturated heterocycles. The van der Waals surface area contributed by atoms with Crippen LogP contribution >= 0.6 is 0 Å². The third kappa shape index (κ3) is 7.68. The maximum Gasteiger partial charge on any atom is 0.119 e. The van der Waals surface area contributed by atoms with Crippen LogP contribution in [0.4, 0.5) is 0 Å². The summed E-state index contributed by atoms with van der Waals surface area (Å²) in [5, 5.41) is 0. The zero-order chi connectivity index (χ0) is 21.0. The fourth-order valence-corrected chi connectivity index (χ4v) is 5.58. The average Bonchev–Trinajstić information content (AvgIpc) is 2.81. The highest BCUT2D eigenvalue weighted by atomic mass is 16.5. The normalized spacial score (nSPS) is 26.6. The van der Waals surface area contributed by atoms with Gasteiger partial charge in [-0.25, -0.2) is 0 Å². The second-order valence-electron chi connectivity index (χ2n) is 9.88. The molecular weight excluding hydrogens is 364 g/mol. The van der Waals surface area contributed by atoms with Gasteiger partial charge in [-0.1, -0.05) is 70.6 Å². The lowest BCUT2D eigenvalue weighted by atomic mass is 9.69. The van der Waals surface area contributed by atoms with E-state index in [2.05, 4.69) is 50.0 Å². The van der Waals surface area contributed by atoms with E-state index in [1.54, 1.807) is 0 Å². The van der Waals surface area contributed by atoms with Gasteiger partial charge in [-0.05, 0) is 87.0 Å². The highest BCUT2D eigenvalue weighted by Gasteiger charge is 2.30.